The zero-order valence-corrected chi connectivity index (χ0v) is 18.1. The van der Waals surface area contributed by atoms with E-state index in [-0.39, 0.29) is 19.8 Å². The van der Waals surface area contributed by atoms with Gasteiger partial charge in [-0.3, -0.25) is 4.79 Å². The van der Waals surface area contributed by atoms with Gasteiger partial charge in [0.25, 0.3) is 0 Å². The van der Waals surface area contributed by atoms with Gasteiger partial charge in [-0.1, -0.05) is 72.8 Å². The molecule has 0 saturated carbocycles. The van der Waals surface area contributed by atoms with E-state index in [4.69, 9.17) is 14.6 Å². The first-order valence-electron chi connectivity index (χ1n) is 11.0. The van der Waals surface area contributed by atoms with E-state index in [1.807, 2.05) is 24.3 Å². The highest BCUT2D eigenvalue weighted by atomic mass is 16.5. The summed E-state index contributed by atoms with van der Waals surface area (Å²) in [5.41, 5.74) is 6.60. The molecule has 164 valence electrons. The summed E-state index contributed by atoms with van der Waals surface area (Å²) < 4.78 is 11.1. The van der Waals surface area contributed by atoms with E-state index in [0.717, 1.165) is 23.2 Å². The Morgan fingerprint density at radius 2 is 1.15 bits per heavy atom. The number of aliphatic hydroxyl groups excluding tert-OH is 1. The van der Waals surface area contributed by atoms with Crippen molar-refractivity contribution in [3.8, 4) is 22.6 Å². The quantitative estimate of drug-likeness (QED) is 0.348. The van der Waals surface area contributed by atoms with Crippen LogP contribution in [-0.4, -0.2) is 31.2 Å². The average molecular weight is 437 g/mol. The maximum atomic E-state index is 10.7. The predicted molar refractivity (Wildman–Crippen MR) is 128 cm³/mol. The maximum Gasteiger partial charge on any atom is 0.157 e. The van der Waals surface area contributed by atoms with Crippen LogP contribution in [0.5, 0.6) is 11.5 Å². The number of ether oxygens (including phenoxy) is 2. The number of rotatable bonds is 8. The highest BCUT2D eigenvalue weighted by Gasteiger charge is 2.45. The molecule has 33 heavy (non-hydrogen) atoms. The minimum absolute atomic E-state index is 0.0229. The molecular formula is C29H24O4. The number of benzene rings is 4. The molecule has 0 unspecified atom stereocenters. The van der Waals surface area contributed by atoms with Crippen LogP contribution in [0, 0.1) is 0 Å². The van der Waals surface area contributed by atoms with Gasteiger partial charge in [-0.05, 0) is 57.6 Å². The summed E-state index contributed by atoms with van der Waals surface area (Å²) in [6.45, 7) is 0.273. The second kappa shape index (κ2) is 8.93. The third kappa shape index (κ3) is 3.49. The number of carbonyl (C=O) groups excluding carboxylic acids is 1. The molecule has 0 radical (unpaired) electrons. The van der Waals surface area contributed by atoms with Crippen LogP contribution in [0.4, 0.5) is 0 Å². The second-order valence-corrected chi connectivity index (χ2v) is 7.94. The Morgan fingerprint density at radius 3 is 1.64 bits per heavy atom. The highest BCUT2D eigenvalue weighted by Crippen LogP contribution is 2.56. The van der Waals surface area contributed by atoms with Crippen molar-refractivity contribution < 1.29 is 19.4 Å². The van der Waals surface area contributed by atoms with Crippen molar-refractivity contribution >= 4 is 6.29 Å². The lowest BCUT2D eigenvalue weighted by Crippen LogP contribution is -2.28. The van der Waals surface area contributed by atoms with Crippen LogP contribution in [-0.2, 0) is 10.2 Å². The lowest BCUT2D eigenvalue weighted by Gasteiger charge is -2.34. The van der Waals surface area contributed by atoms with Crippen LogP contribution in [0.3, 0.4) is 0 Å². The minimum Gasteiger partial charge on any atom is -0.491 e. The third-order valence-corrected chi connectivity index (χ3v) is 6.21. The lowest BCUT2D eigenvalue weighted by molar-refractivity contribution is -0.109. The molecule has 0 aliphatic heterocycles. The predicted octanol–water partition coefficient (Wildman–Crippen LogP) is 5.00. The summed E-state index contributed by atoms with van der Waals surface area (Å²) in [5.74, 6) is 1.38. The zero-order valence-electron chi connectivity index (χ0n) is 18.1. The van der Waals surface area contributed by atoms with Crippen molar-refractivity contribution in [2.24, 2.45) is 0 Å². The number of fused-ring (bicyclic) bond motifs is 3. The first-order valence-corrected chi connectivity index (χ1v) is 11.0. The van der Waals surface area contributed by atoms with Crippen molar-refractivity contribution in [1.82, 2.24) is 0 Å². The molecule has 4 nitrogen and oxygen atoms in total. The molecule has 0 atom stereocenters. The molecule has 0 aromatic heterocycles. The van der Waals surface area contributed by atoms with Gasteiger partial charge in [0.1, 0.15) is 24.7 Å². The van der Waals surface area contributed by atoms with Gasteiger partial charge in [0.2, 0.25) is 0 Å². The molecule has 0 fully saturated rings. The van der Waals surface area contributed by atoms with Crippen molar-refractivity contribution in [3.05, 3.63) is 119 Å². The Labute approximate surface area is 193 Å². The summed E-state index contributed by atoms with van der Waals surface area (Å²) in [6.07, 6.45) is 0.749. The molecule has 1 aliphatic rings. The Hall–Kier alpha value is -3.89. The fourth-order valence-electron chi connectivity index (χ4n) is 4.92. The van der Waals surface area contributed by atoms with Crippen LogP contribution >= 0.6 is 0 Å². The Bertz CT molecular complexity index is 1210. The van der Waals surface area contributed by atoms with Crippen molar-refractivity contribution in [2.45, 2.75) is 5.41 Å². The van der Waals surface area contributed by atoms with E-state index in [1.165, 1.54) is 22.3 Å². The molecule has 0 heterocycles. The van der Waals surface area contributed by atoms with Crippen molar-refractivity contribution in [1.29, 1.82) is 0 Å². The van der Waals surface area contributed by atoms with Gasteiger partial charge in [0.05, 0.1) is 12.0 Å². The largest absolute Gasteiger partial charge is 0.491 e. The summed E-state index contributed by atoms with van der Waals surface area (Å²) >= 11 is 0. The number of aliphatic hydroxyl groups is 1. The zero-order chi connectivity index (χ0) is 22.7. The molecule has 4 aromatic rings. The number of aldehydes is 1. The topological polar surface area (TPSA) is 55.8 Å². The summed E-state index contributed by atoms with van der Waals surface area (Å²) in [6, 6.07) is 33.2. The summed E-state index contributed by atoms with van der Waals surface area (Å²) in [4.78, 5) is 10.7. The van der Waals surface area contributed by atoms with Gasteiger partial charge in [-0.15, -0.1) is 0 Å². The van der Waals surface area contributed by atoms with Crippen LogP contribution in [0.2, 0.25) is 0 Å². The van der Waals surface area contributed by atoms with Crippen LogP contribution in [0.15, 0.2) is 97.1 Å². The minimum atomic E-state index is -0.508. The van der Waals surface area contributed by atoms with Crippen LogP contribution < -0.4 is 9.47 Å². The maximum absolute atomic E-state index is 10.7. The van der Waals surface area contributed by atoms with Gasteiger partial charge in [-0.2, -0.15) is 0 Å². The normalized spacial score (nSPS) is 13.1. The molecule has 0 bridgehead atoms. The molecule has 4 heteroatoms. The smallest absolute Gasteiger partial charge is 0.157 e. The van der Waals surface area contributed by atoms with E-state index < -0.39 is 5.41 Å². The van der Waals surface area contributed by atoms with E-state index in [9.17, 15) is 4.79 Å². The summed E-state index contributed by atoms with van der Waals surface area (Å²) in [5, 5.41) is 9.08. The molecular weight excluding hydrogens is 412 g/mol. The third-order valence-electron chi connectivity index (χ3n) is 6.21. The first-order chi connectivity index (χ1) is 16.3. The van der Waals surface area contributed by atoms with E-state index in [1.54, 1.807) is 0 Å². The van der Waals surface area contributed by atoms with Gasteiger partial charge < -0.3 is 14.6 Å². The van der Waals surface area contributed by atoms with Gasteiger partial charge in [0, 0.05) is 0 Å². The molecule has 1 aliphatic carbocycles. The first kappa shape index (κ1) is 21.0. The average Bonchev–Trinajstić information content (AvgIpc) is 3.18. The van der Waals surface area contributed by atoms with Crippen molar-refractivity contribution in [3.63, 3.8) is 0 Å². The second-order valence-electron chi connectivity index (χ2n) is 7.94. The van der Waals surface area contributed by atoms with Gasteiger partial charge in [0.15, 0.2) is 6.29 Å². The number of carbonyl (C=O) groups is 1. The van der Waals surface area contributed by atoms with Crippen molar-refractivity contribution in [2.75, 3.05) is 19.8 Å². The molecule has 0 spiro atoms. The lowest BCUT2D eigenvalue weighted by atomic mass is 9.68. The number of hydrogen-bond donors (Lipinski definition) is 1. The van der Waals surface area contributed by atoms with Crippen LogP contribution in [0.1, 0.15) is 22.3 Å². The number of hydrogen-bond acceptors (Lipinski definition) is 4. The fourth-order valence-corrected chi connectivity index (χ4v) is 4.92. The molecule has 5 rings (SSSR count). The molecule has 0 saturated heterocycles. The van der Waals surface area contributed by atoms with E-state index in [0.29, 0.717) is 5.75 Å². The van der Waals surface area contributed by atoms with E-state index in [2.05, 4.69) is 72.8 Å². The van der Waals surface area contributed by atoms with E-state index >= 15 is 0 Å². The van der Waals surface area contributed by atoms with Gasteiger partial charge >= 0.3 is 0 Å². The monoisotopic (exact) mass is 436 g/mol. The van der Waals surface area contributed by atoms with Crippen LogP contribution in [0.25, 0.3) is 11.1 Å². The fraction of sp³-hybridized carbons (Fsp3) is 0.138. The Morgan fingerprint density at radius 1 is 0.667 bits per heavy atom. The summed E-state index contributed by atoms with van der Waals surface area (Å²) in [7, 11) is 0. The molecule has 4 aromatic carbocycles. The Balaban J connectivity index is 1.73. The molecule has 1 N–H and O–H groups in total. The highest BCUT2D eigenvalue weighted by molar-refractivity contribution is 5.86. The molecule has 0 amide bonds. The Kier molecular flexibility index (Phi) is 5.68. The van der Waals surface area contributed by atoms with Gasteiger partial charge in [-0.25, -0.2) is 0 Å². The SMILES string of the molecule is O=CCOc1ccc(C2(c3ccc(OCCO)cc3)c3ccccc3-c3ccccc32)cc1. The standard InChI is InChI=1S/C29H24O4/c30-17-19-32-23-13-9-21(10-14-23)29(22-11-15-24(16-12-22)33-20-18-31)27-7-3-1-5-25(27)26-6-2-4-8-28(26)29/h1-17,31H,18-20H2.